The fourth-order valence-electron chi connectivity index (χ4n) is 3.16. The number of nitrogens with zero attached hydrogens (tertiary/aromatic N) is 1. The summed E-state index contributed by atoms with van der Waals surface area (Å²) in [6.45, 7) is 4.24. The minimum absolute atomic E-state index is 0.161. The number of hydrogen-bond donors (Lipinski definition) is 1. The van der Waals surface area contributed by atoms with Crippen LogP contribution in [0.3, 0.4) is 0 Å². The van der Waals surface area contributed by atoms with E-state index in [-0.39, 0.29) is 19.1 Å². The molecule has 0 saturated heterocycles. The molecule has 0 aliphatic rings. The highest BCUT2D eigenvalue weighted by atomic mass is 35.5. The number of rotatable bonds is 9. The lowest BCUT2D eigenvalue weighted by atomic mass is 10.0. The van der Waals surface area contributed by atoms with Crippen molar-refractivity contribution in [2.75, 3.05) is 22.5 Å². The first-order chi connectivity index (χ1) is 15.6. The lowest BCUT2D eigenvalue weighted by molar-refractivity contribution is -0.118. The Balaban J connectivity index is 1.60. The number of carbonyl (C=O) groups is 1. The Morgan fingerprint density at radius 3 is 2.12 bits per heavy atom. The van der Waals surface area contributed by atoms with Gasteiger partial charge in [0.05, 0.1) is 18.5 Å². The van der Waals surface area contributed by atoms with Crippen molar-refractivity contribution in [1.29, 1.82) is 0 Å². The molecule has 0 aromatic heterocycles. The van der Waals surface area contributed by atoms with Gasteiger partial charge >= 0.3 is 0 Å². The smallest absolute Gasteiger partial charge is 0.262 e. The van der Waals surface area contributed by atoms with Gasteiger partial charge in [-0.1, -0.05) is 49.7 Å². The van der Waals surface area contributed by atoms with Crippen LogP contribution in [-0.4, -0.2) is 27.2 Å². The zero-order valence-corrected chi connectivity index (χ0v) is 20.4. The third kappa shape index (κ3) is 7.23. The van der Waals surface area contributed by atoms with Gasteiger partial charge in [0.2, 0.25) is 10.0 Å². The van der Waals surface area contributed by atoms with E-state index in [0.29, 0.717) is 28.1 Å². The standard InChI is InChI=1S/C25H27ClN2O4S/c1-18(2)20-6-10-22(11-7-20)27-25(29)17-32-24-14-12-23(13-15-24)28(33(3,30)31)16-19-4-8-21(26)9-5-19/h4-15,18H,16-17H2,1-3H3,(H,27,29). The monoisotopic (exact) mass is 486 g/mol. The molecule has 3 rings (SSSR count). The normalized spacial score (nSPS) is 11.3. The van der Waals surface area contributed by atoms with Crippen molar-refractivity contribution in [3.63, 3.8) is 0 Å². The highest BCUT2D eigenvalue weighted by Gasteiger charge is 2.18. The Kier molecular flexibility index (Phi) is 8.00. The first-order valence-electron chi connectivity index (χ1n) is 10.5. The van der Waals surface area contributed by atoms with Gasteiger partial charge in [-0.3, -0.25) is 9.10 Å². The highest BCUT2D eigenvalue weighted by molar-refractivity contribution is 7.92. The van der Waals surface area contributed by atoms with Gasteiger partial charge in [-0.05, 0) is 65.6 Å². The van der Waals surface area contributed by atoms with Crippen LogP contribution in [0.15, 0.2) is 72.8 Å². The zero-order chi connectivity index (χ0) is 24.0. The minimum atomic E-state index is -3.51. The molecule has 0 aliphatic heterocycles. The molecule has 0 radical (unpaired) electrons. The number of benzene rings is 3. The van der Waals surface area contributed by atoms with Gasteiger partial charge in [-0.25, -0.2) is 8.42 Å². The van der Waals surface area contributed by atoms with E-state index >= 15 is 0 Å². The molecule has 0 spiro atoms. The lowest BCUT2D eigenvalue weighted by Crippen LogP contribution is -2.29. The van der Waals surface area contributed by atoms with Crippen LogP contribution in [0.4, 0.5) is 11.4 Å². The molecule has 6 nitrogen and oxygen atoms in total. The molecule has 0 fully saturated rings. The van der Waals surface area contributed by atoms with Crippen molar-refractivity contribution in [2.24, 2.45) is 0 Å². The number of nitrogens with one attached hydrogen (secondary N) is 1. The number of sulfonamides is 1. The van der Waals surface area contributed by atoms with Crippen molar-refractivity contribution in [3.05, 3.63) is 88.9 Å². The molecule has 0 heterocycles. The van der Waals surface area contributed by atoms with Crippen LogP contribution < -0.4 is 14.4 Å². The van der Waals surface area contributed by atoms with Gasteiger partial charge in [-0.2, -0.15) is 0 Å². The van der Waals surface area contributed by atoms with Crippen molar-refractivity contribution in [3.8, 4) is 5.75 Å². The summed E-state index contributed by atoms with van der Waals surface area (Å²) in [4.78, 5) is 12.2. The summed E-state index contributed by atoms with van der Waals surface area (Å²) in [5.41, 5.74) is 3.20. The maximum absolute atomic E-state index is 12.4. The number of anilines is 2. The third-order valence-corrected chi connectivity index (χ3v) is 6.39. The van der Waals surface area contributed by atoms with Crippen molar-refractivity contribution < 1.29 is 17.9 Å². The fraction of sp³-hybridized carbons (Fsp3) is 0.240. The predicted molar refractivity (Wildman–Crippen MR) is 134 cm³/mol. The Bertz CT molecular complexity index is 1180. The van der Waals surface area contributed by atoms with Crippen LogP contribution in [-0.2, 0) is 21.4 Å². The Morgan fingerprint density at radius 1 is 0.970 bits per heavy atom. The summed E-state index contributed by atoms with van der Waals surface area (Å²) in [6, 6.07) is 21.3. The molecule has 33 heavy (non-hydrogen) atoms. The Morgan fingerprint density at radius 2 is 1.58 bits per heavy atom. The summed E-state index contributed by atoms with van der Waals surface area (Å²) in [5, 5.41) is 3.38. The van der Waals surface area contributed by atoms with Crippen LogP contribution in [0.5, 0.6) is 5.75 Å². The van der Waals surface area contributed by atoms with Gasteiger partial charge in [0, 0.05) is 10.7 Å². The van der Waals surface area contributed by atoms with Crippen molar-refractivity contribution in [1.82, 2.24) is 0 Å². The van der Waals surface area contributed by atoms with Gasteiger partial charge in [0.15, 0.2) is 6.61 Å². The van der Waals surface area contributed by atoms with E-state index in [0.717, 1.165) is 11.8 Å². The largest absolute Gasteiger partial charge is 0.484 e. The zero-order valence-electron chi connectivity index (χ0n) is 18.8. The Labute approximate surface area is 200 Å². The molecule has 0 aliphatic carbocycles. The second kappa shape index (κ2) is 10.7. The van der Waals surface area contributed by atoms with E-state index in [9.17, 15) is 13.2 Å². The maximum atomic E-state index is 12.4. The summed E-state index contributed by atoms with van der Waals surface area (Å²) in [6.07, 6.45) is 1.16. The van der Waals surface area contributed by atoms with E-state index in [1.165, 1.54) is 9.87 Å². The average Bonchev–Trinajstić information content (AvgIpc) is 2.77. The number of hydrogen-bond acceptors (Lipinski definition) is 4. The maximum Gasteiger partial charge on any atom is 0.262 e. The molecule has 0 bridgehead atoms. The highest BCUT2D eigenvalue weighted by Crippen LogP contribution is 2.24. The predicted octanol–water partition coefficient (Wildman–Crippen LogP) is 5.45. The van der Waals surface area contributed by atoms with Gasteiger partial charge in [-0.15, -0.1) is 0 Å². The van der Waals surface area contributed by atoms with Crippen LogP contribution in [0.2, 0.25) is 5.02 Å². The fourth-order valence-corrected chi connectivity index (χ4v) is 4.18. The Hall–Kier alpha value is -3.03. The molecule has 0 atom stereocenters. The first-order valence-corrected chi connectivity index (χ1v) is 12.7. The average molecular weight is 487 g/mol. The number of carbonyl (C=O) groups excluding carboxylic acids is 1. The summed E-state index contributed by atoms with van der Waals surface area (Å²) in [5.74, 6) is 0.603. The van der Waals surface area contributed by atoms with Crippen molar-refractivity contribution in [2.45, 2.75) is 26.3 Å². The second-order valence-electron chi connectivity index (χ2n) is 8.00. The van der Waals surface area contributed by atoms with E-state index in [1.54, 1.807) is 48.5 Å². The lowest BCUT2D eigenvalue weighted by Gasteiger charge is -2.23. The topological polar surface area (TPSA) is 75.7 Å². The second-order valence-corrected chi connectivity index (χ2v) is 10.3. The molecule has 1 amide bonds. The van der Waals surface area contributed by atoms with E-state index < -0.39 is 10.0 Å². The number of ether oxygens (including phenoxy) is 1. The van der Waals surface area contributed by atoms with E-state index in [2.05, 4.69) is 19.2 Å². The molecule has 0 unspecified atom stereocenters. The third-order valence-electron chi connectivity index (χ3n) is 5.00. The molecular formula is C25H27ClN2O4S. The van der Waals surface area contributed by atoms with Gasteiger partial charge in [0.25, 0.3) is 5.91 Å². The number of amides is 1. The van der Waals surface area contributed by atoms with Crippen LogP contribution >= 0.6 is 11.6 Å². The van der Waals surface area contributed by atoms with E-state index in [1.807, 2.05) is 24.3 Å². The quantitative estimate of drug-likeness (QED) is 0.436. The van der Waals surface area contributed by atoms with Gasteiger partial charge in [0.1, 0.15) is 5.75 Å². The van der Waals surface area contributed by atoms with Gasteiger partial charge < -0.3 is 10.1 Å². The number of halogens is 1. The summed E-state index contributed by atoms with van der Waals surface area (Å²) in [7, 11) is -3.51. The molecule has 0 saturated carbocycles. The summed E-state index contributed by atoms with van der Waals surface area (Å²) >= 11 is 5.91. The van der Waals surface area contributed by atoms with Crippen molar-refractivity contribution >= 4 is 38.9 Å². The first kappa shape index (κ1) is 24.6. The summed E-state index contributed by atoms with van der Waals surface area (Å²) < 4.78 is 31.6. The molecule has 3 aromatic rings. The molecular weight excluding hydrogens is 460 g/mol. The minimum Gasteiger partial charge on any atom is -0.484 e. The SMILES string of the molecule is CC(C)c1ccc(NC(=O)COc2ccc(N(Cc3ccc(Cl)cc3)S(C)(=O)=O)cc2)cc1. The molecule has 1 N–H and O–H groups in total. The van der Waals surface area contributed by atoms with Crippen LogP contribution in [0, 0.1) is 0 Å². The van der Waals surface area contributed by atoms with E-state index in [4.69, 9.17) is 16.3 Å². The van der Waals surface area contributed by atoms with Crippen LogP contribution in [0.1, 0.15) is 30.9 Å². The molecule has 3 aromatic carbocycles. The molecule has 174 valence electrons. The molecule has 8 heteroatoms. The van der Waals surface area contributed by atoms with Crippen LogP contribution in [0.25, 0.3) is 0 Å².